The van der Waals surface area contributed by atoms with Gasteiger partial charge in [-0.15, -0.1) is 0 Å². The van der Waals surface area contributed by atoms with Gasteiger partial charge in [0.15, 0.2) is 0 Å². The van der Waals surface area contributed by atoms with Gasteiger partial charge in [-0.2, -0.15) is 0 Å². The predicted octanol–water partition coefficient (Wildman–Crippen LogP) is 4.00. The minimum Gasteiger partial charge on any atom is -0.495 e. The summed E-state index contributed by atoms with van der Waals surface area (Å²) < 4.78 is 5.45. The Morgan fingerprint density at radius 2 is 1.84 bits per heavy atom. The Bertz CT molecular complexity index is 926. The Labute approximate surface area is 189 Å². The van der Waals surface area contributed by atoms with Gasteiger partial charge in [-0.1, -0.05) is 30.3 Å². The Morgan fingerprint density at radius 1 is 1.06 bits per heavy atom. The number of nitrogens with one attached hydrogen (secondary N) is 2. The zero-order chi connectivity index (χ0) is 22.3. The monoisotopic (exact) mass is 436 g/mol. The third kappa shape index (κ3) is 5.59. The van der Waals surface area contributed by atoms with E-state index in [1.54, 1.807) is 24.1 Å². The number of methoxy groups -OCH3 is 1. The number of benzene rings is 2. The summed E-state index contributed by atoms with van der Waals surface area (Å²) in [5.41, 5.74) is 2.68. The molecule has 0 aliphatic carbocycles. The number of urea groups is 1. The van der Waals surface area contributed by atoms with Gasteiger partial charge < -0.3 is 20.3 Å². The van der Waals surface area contributed by atoms with Crippen molar-refractivity contribution in [3.05, 3.63) is 54.1 Å². The van der Waals surface area contributed by atoms with Crippen LogP contribution in [-0.4, -0.2) is 49.6 Å². The number of carbonyl (C=O) groups excluding carboxylic acids is 2. The lowest BCUT2D eigenvalue weighted by atomic mass is 10.0. The molecular weight excluding hydrogens is 404 g/mol. The molecule has 2 N–H and O–H groups in total. The van der Waals surface area contributed by atoms with Crippen LogP contribution in [0.2, 0.25) is 0 Å². The largest absolute Gasteiger partial charge is 0.495 e. The van der Waals surface area contributed by atoms with E-state index in [4.69, 9.17) is 4.74 Å². The number of likely N-dealkylation sites (tertiary alicyclic amines) is 1. The molecule has 0 aromatic heterocycles. The Hall–Kier alpha value is -3.06. The van der Waals surface area contributed by atoms with Crippen LogP contribution >= 0.6 is 0 Å². The van der Waals surface area contributed by atoms with E-state index in [1.165, 1.54) is 5.56 Å². The smallest absolute Gasteiger partial charge is 0.319 e. The van der Waals surface area contributed by atoms with Crippen LogP contribution < -0.4 is 20.3 Å². The summed E-state index contributed by atoms with van der Waals surface area (Å²) in [7, 11) is 1.59. The molecule has 0 radical (unpaired) electrons. The van der Waals surface area contributed by atoms with E-state index < -0.39 is 0 Å². The molecule has 2 aliphatic heterocycles. The second-order valence-corrected chi connectivity index (χ2v) is 8.52. The van der Waals surface area contributed by atoms with Crippen LogP contribution in [0.4, 0.5) is 16.2 Å². The van der Waals surface area contributed by atoms with Crippen molar-refractivity contribution in [2.45, 2.75) is 44.7 Å². The number of ether oxygens (including phenoxy) is 1. The molecule has 2 aliphatic rings. The van der Waals surface area contributed by atoms with Crippen molar-refractivity contribution >= 4 is 23.3 Å². The summed E-state index contributed by atoms with van der Waals surface area (Å²) in [5.74, 6) is 0.732. The molecule has 3 amide bonds. The van der Waals surface area contributed by atoms with E-state index in [9.17, 15) is 9.59 Å². The Morgan fingerprint density at radius 3 is 2.56 bits per heavy atom. The van der Waals surface area contributed by atoms with Gasteiger partial charge in [0.2, 0.25) is 5.91 Å². The van der Waals surface area contributed by atoms with Crippen molar-refractivity contribution in [1.82, 2.24) is 10.2 Å². The fourth-order valence-corrected chi connectivity index (χ4v) is 4.47. The maximum absolute atomic E-state index is 12.6. The highest BCUT2D eigenvalue weighted by molar-refractivity contribution is 5.97. The third-order valence-electron chi connectivity index (χ3n) is 6.22. The third-order valence-corrected chi connectivity index (χ3v) is 6.22. The summed E-state index contributed by atoms with van der Waals surface area (Å²) in [6.07, 6.45) is 4.29. The lowest BCUT2D eigenvalue weighted by Crippen LogP contribution is -2.45. The zero-order valence-corrected chi connectivity index (χ0v) is 18.7. The second-order valence-electron chi connectivity index (χ2n) is 8.52. The number of rotatable bonds is 6. The quantitative estimate of drug-likeness (QED) is 0.718. The highest BCUT2D eigenvalue weighted by Gasteiger charge is 2.24. The molecule has 170 valence electrons. The molecule has 7 heteroatoms. The summed E-state index contributed by atoms with van der Waals surface area (Å²) in [6.45, 7) is 3.54. The maximum Gasteiger partial charge on any atom is 0.319 e. The first-order chi connectivity index (χ1) is 15.6. The van der Waals surface area contributed by atoms with E-state index in [0.717, 1.165) is 45.3 Å². The molecule has 0 unspecified atom stereocenters. The van der Waals surface area contributed by atoms with Gasteiger partial charge in [-0.25, -0.2) is 4.79 Å². The summed E-state index contributed by atoms with van der Waals surface area (Å²) in [6, 6.07) is 15.8. The Kier molecular flexibility index (Phi) is 7.27. The fraction of sp³-hybridized carbons (Fsp3) is 0.440. The number of nitrogens with zero attached hydrogens (tertiary/aromatic N) is 2. The second kappa shape index (κ2) is 10.5. The average Bonchev–Trinajstić information content (AvgIpc) is 2.81. The minimum absolute atomic E-state index is 0.0958. The van der Waals surface area contributed by atoms with Crippen LogP contribution in [-0.2, 0) is 11.3 Å². The standard InChI is InChI=1S/C25H32N4O3/c1-32-23-11-10-21(17-22(23)29-14-6-5-9-24(29)30)27-25(31)26-20-12-15-28(16-13-20)18-19-7-3-2-4-8-19/h2-4,7-8,10-11,17,20H,5-6,9,12-16,18H2,1H3,(H2,26,27,31). The highest BCUT2D eigenvalue weighted by atomic mass is 16.5. The number of carbonyl (C=O) groups is 2. The molecular formula is C25H32N4O3. The first-order valence-corrected chi connectivity index (χ1v) is 11.4. The highest BCUT2D eigenvalue weighted by Crippen LogP contribution is 2.33. The molecule has 2 fully saturated rings. The molecule has 32 heavy (non-hydrogen) atoms. The molecule has 2 aromatic rings. The number of amides is 3. The molecule has 2 heterocycles. The first-order valence-electron chi connectivity index (χ1n) is 11.4. The van der Waals surface area contributed by atoms with Gasteiger partial charge >= 0.3 is 6.03 Å². The summed E-state index contributed by atoms with van der Waals surface area (Å²) in [5, 5.41) is 6.03. The van der Waals surface area contributed by atoms with Crippen molar-refractivity contribution in [1.29, 1.82) is 0 Å². The van der Waals surface area contributed by atoms with Crippen molar-refractivity contribution < 1.29 is 14.3 Å². The number of hydrogen-bond acceptors (Lipinski definition) is 4. The van der Waals surface area contributed by atoms with E-state index in [1.807, 2.05) is 12.1 Å². The summed E-state index contributed by atoms with van der Waals surface area (Å²) in [4.78, 5) is 29.2. The number of piperidine rings is 2. The number of hydrogen-bond donors (Lipinski definition) is 2. The lowest BCUT2D eigenvalue weighted by molar-refractivity contribution is -0.119. The van der Waals surface area contributed by atoms with Crippen LogP contribution in [0.5, 0.6) is 5.75 Å². The SMILES string of the molecule is COc1ccc(NC(=O)NC2CCN(Cc3ccccc3)CC2)cc1N1CCCCC1=O. The fourth-order valence-electron chi connectivity index (χ4n) is 4.47. The van der Waals surface area contributed by atoms with Crippen molar-refractivity contribution in [3.63, 3.8) is 0 Å². The van der Waals surface area contributed by atoms with Gasteiger partial charge in [0.1, 0.15) is 5.75 Å². The van der Waals surface area contributed by atoms with Gasteiger partial charge in [0, 0.05) is 44.3 Å². The van der Waals surface area contributed by atoms with Gasteiger partial charge in [0.05, 0.1) is 12.8 Å². The molecule has 4 rings (SSSR count). The summed E-state index contributed by atoms with van der Waals surface area (Å²) >= 11 is 0. The number of anilines is 2. The van der Waals surface area contributed by atoms with Crippen molar-refractivity contribution in [2.75, 3.05) is 37.0 Å². The van der Waals surface area contributed by atoms with E-state index in [2.05, 4.69) is 39.8 Å². The van der Waals surface area contributed by atoms with Crippen molar-refractivity contribution in [3.8, 4) is 5.75 Å². The van der Waals surface area contributed by atoms with E-state index in [0.29, 0.717) is 30.1 Å². The predicted molar refractivity (Wildman–Crippen MR) is 126 cm³/mol. The molecule has 7 nitrogen and oxygen atoms in total. The maximum atomic E-state index is 12.6. The molecule has 0 bridgehead atoms. The molecule has 0 atom stereocenters. The van der Waals surface area contributed by atoms with Crippen LogP contribution in [0.1, 0.15) is 37.7 Å². The van der Waals surface area contributed by atoms with Crippen LogP contribution in [0, 0.1) is 0 Å². The molecule has 2 saturated heterocycles. The van der Waals surface area contributed by atoms with Crippen molar-refractivity contribution in [2.24, 2.45) is 0 Å². The lowest BCUT2D eigenvalue weighted by Gasteiger charge is -2.32. The van der Waals surface area contributed by atoms with Crippen LogP contribution in [0.25, 0.3) is 0 Å². The molecule has 0 saturated carbocycles. The topological polar surface area (TPSA) is 73.9 Å². The van der Waals surface area contributed by atoms with Gasteiger partial charge in [0.25, 0.3) is 0 Å². The average molecular weight is 437 g/mol. The van der Waals surface area contributed by atoms with Gasteiger partial charge in [-0.3, -0.25) is 9.69 Å². The van der Waals surface area contributed by atoms with Crippen LogP contribution in [0.15, 0.2) is 48.5 Å². The Balaban J connectivity index is 1.30. The molecule has 2 aromatic carbocycles. The van der Waals surface area contributed by atoms with Crippen LogP contribution in [0.3, 0.4) is 0 Å². The normalized spacial score (nSPS) is 17.8. The molecule has 0 spiro atoms. The minimum atomic E-state index is -0.215. The van der Waals surface area contributed by atoms with E-state index >= 15 is 0 Å². The van der Waals surface area contributed by atoms with E-state index in [-0.39, 0.29) is 18.0 Å². The first kappa shape index (κ1) is 22.1. The zero-order valence-electron chi connectivity index (χ0n) is 18.7. The van der Waals surface area contributed by atoms with Gasteiger partial charge in [-0.05, 0) is 49.4 Å².